The Labute approximate surface area is 169 Å². The first-order chi connectivity index (χ1) is 14.0. The maximum atomic E-state index is 11.8. The van der Waals surface area contributed by atoms with Crippen molar-refractivity contribution in [2.45, 2.75) is 6.92 Å². The second kappa shape index (κ2) is 7.33. The molecule has 2 heterocycles. The molecule has 0 amide bonds. The van der Waals surface area contributed by atoms with Gasteiger partial charge in [-0.05, 0) is 13.0 Å². The van der Waals surface area contributed by atoms with Crippen LogP contribution in [0.5, 0.6) is 0 Å². The zero-order valence-corrected chi connectivity index (χ0v) is 16.1. The van der Waals surface area contributed by atoms with E-state index in [2.05, 4.69) is 10.1 Å². The number of thiazole rings is 1. The lowest BCUT2D eigenvalue weighted by Crippen LogP contribution is -2.05. The van der Waals surface area contributed by atoms with E-state index in [-0.39, 0.29) is 11.3 Å². The van der Waals surface area contributed by atoms with Gasteiger partial charge in [-0.15, -0.1) is 11.3 Å². The molecular weight excluding hydrogens is 390 g/mol. The monoisotopic (exact) mass is 405 g/mol. The van der Waals surface area contributed by atoms with Crippen molar-refractivity contribution in [1.82, 2.24) is 14.8 Å². The van der Waals surface area contributed by atoms with Gasteiger partial charge < -0.3 is 10.2 Å². The fourth-order valence-corrected chi connectivity index (χ4v) is 3.91. The molecular formula is C21H15N3O4S. The Morgan fingerprint density at radius 3 is 2.31 bits per heavy atom. The molecule has 144 valence electrons. The smallest absolute Gasteiger partial charge is 0.355 e. The van der Waals surface area contributed by atoms with Crippen molar-refractivity contribution in [2.75, 3.05) is 0 Å². The lowest BCUT2D eigenvalue weighted by Gasteiger charge is -2.09. The summed E-state index contributed by atoms with van der Waals surface area (Å²) in [4.78, 5) is 27.2. The van der Waals surface area contributed by atoms with Crippen molar-refractivity contribution < 1.29 is 19.8 Å². The van der Waals surface area contributed by atoms with E-state index in [0.29, 0.717) is 22.1 Å². The molecule has 0 aliphatic carbocycles. The van der Waals surface area contributed by atoms with Crippen molar-refractivity contribution in [3.8, 4) is 27.6 Å². The minimum absolute atomic E-state index is 0.0862. The Morgan fingerprint density at radius 1 is 0.966 bits per heavy atom. The number of aromatic carboxylic acids is 2. The SMILES string of the molecule is Cc1c(-c2ccccc2)nn(-c2nc(C(=O)O)cs2)c1-c1ccccc1C(=O)O. The topological polar surface area (TPSA) is 105 Å². The van der Waals surface area contributed by atoms with Crippen LogP contribution in [0.15, 0.2) is 60.0 Å². The number of carboxylic acids is 2. The molecule has 7 nitrogen and oxygen atoms in total. The van der Waals surface area contributed by atoms with E-state index in [0.717, 1.165) is 22.5 Å². The van der Waals surface area contributed by atoms with E-state index < -0.39 is 11.9 Å². The molecule has 0 saturated carbocycles. The van der Waals surface area contributed by atoms with Crippen LogP contribution in [0.25, 0.3) is 27.6 Å². The summed E-state index contributed by atoms with van der Waals surface area (Å²) in [6.07, 6.45) is 0. The molecule has 0 aliphatic rings. The molecule has 0 bridgehead atoms. The summed E-state index contributed by atoms with van der Waals surface area (Å²) in [6, 6.07) is 16.2. The van der Waals surface area contributed by atoms with Crippen molar-refractivity contribution in [3.05, 3.63) is 76.8 Å². The van der Waals surface area contributed by atoms with Crippen molar-refractivity contribution in [3.63, 3.8) is 0 Å². The Balaban J connectivity index is 2.02. The number of rotatable bonds is 5. The average molecular weight is 405 g/mol. The molecule has 0 radical (unpaired) electrons. The van der Waals surface area contributed by atoms with Crippen molar-refractivity contribution >= 4 is 23.3 Å². The van der Waals surface area contributed by atoms with Crippen LogP contribution < -0.4 is 0 Å². The van der Waals surface area contributed by atoms with Gasteiger partial charge in [-0.1, -0.05) is 48.5 Å². The standard InChI is InChI=1S/C21H15N3O4S/c1-12-17(13-7-3-2-4-8-13)23-24(21-22-16(11-29-21)20(27)28)18(12)14-9-5-6-10-15(14)19(25)26/h2-11H,1H3,(H,25,26)(H,27,28). The Bertz CT molecular complexity index is 1230. The lowest BCUT2D eigenvalue weighted by molar-refractivity contribution is 0.0683. The zero-order chi connectivity index (χ0) is 20.5. The molecule has 0 aliphatic heterocycles. The van der Waals surface area contributed by atoms with Gasteiger partial charge in [0.05, 0.1) is 17.0 Å². The van der Waals surface area contributed by atoms with E-state index in [4.69, 9.17) is 0 Å². The summed E-state index contributed by atoms with van der Waals surface area (Å²) in [5, 5.41) is 25.3. The molecule has 0 fully saturated rings. The predicted molar refractivity (Wildman–Crippen MR) is 109 cm³/mol. The summed E-state index contributed by atoms with van der Waals surface area (Å²) in [5.41, 5.74) is 3.41. The molecule has 29 heavy (non-hydrogen) atoms. The van der Waals surface area contributed by atoms with Crippen LogP contribution >= 0.6 is 11.3 Å². The second-order valence-electron chi connectivity index (χ2n) is 6.27. The zero-order valence-electron chi connectivity index (χ0n) is 15.2. The fourth-order valence-electron chi connectivity index (χ4n) is 3.16. The Morgan fingerprint density at radius 2 is 1.66 bits per heavy atom. The van der Waals surface area contributed by atoms with E-state index >= 15 is 0 Å². The van der Waals surface area contributed by atoms with E-state index in [1.54, 1.807) is 18.2 Å². The van der Waals surface area contributed by atoms with E-state index in [9.17, 15) is 19.8 Å². The van der Waals surface area contributed by atoms with Gasteiger partial charge in [0.25, 0.3) is 0 Å². The molecule has 0 saturated heterocycles. The molecule has 8 heteroatoms. The number of hydrogen-bond donors (Lipinski definition) is 2. The van der Waals surface area contributed by atoms with Gasteiger partial charge in [0.2, 0.25) is 5.13 Å². The van der Waals surface area contributed by atoms with Crippen LogP contribution in [0.2, 0.25) is 0 Å². The third-order valence-corrected chi connectivity index (χ3v) is 5.29. The summed E-state index contributed by atoms with van der Waals surface area (Å²) in [6.45, 7) is 1.87. The van der Waals surface area contributed by atoms with Crippen LogP contribution in [0.3, 0.4) is 0 Å². The highest BCUT2D eigenvalue weighted by Crippen LogP contribution is 2.36. The highest BCUT2D eigenvalue weighted by molar-refractivity contribution is 7.12. The fraction of sp³-hybridized carbons (Fsp3) is 0.0476. The van der Waals surface area contributed by atoms with Gasteiger partial charge in [-0.25, -0.2) is 19.3 Å². The van der Waals surface area contributed by atoms with Crippen LogP contribution in [0, 0.1) is 6.92 Å². The largest absolute Gasteiger partial charge is 0.478 e. The van der Waals surface area contributed by atoms with Crippen LogP contribution in [0.1, 0.15) is 26.4 Å². The van der Waals surface area contributed by atoms with E-state index in [1.165, 1.54) is 16.1 Å². The molecule has 4 rings (SSSR count). The van der Waals surface area contributed by atoms with Gasteiger partial charge >= 0.3 is 11.9 Å². The summed E-state index contributed by atoms with van der Waals surface area (Å²) < 4.78 is 1.52. The Hall–Kier alpha value is -3.78. The normalized spacial score (nSPS) is 10.8. The molecule has 0 spiro atoms. The van der Waals surface area contributed by atoms with Gasteiger partial charge in [0.1, 0.15) is 0 Å². The summed E-state index contributed by atoms with van der Waals surface area (Å²) >= 11 is 1.13. The van der Waals surface area contributed by atoms with Gasteiger partial charge in [0, 0.05) is 22.1 Å². The summed E-state index contributed by atoms with van der Waals surface area (Å²) in [7, 11) is 0. The van der Waals surface area contributed by atoms with Crippen LogP contribution in [0.4, 0.5) is 0 Å². The first kappa shape index (κ1) is 18.6. The number of hydrogen-bond acceptors (Lipinski definition) is 5. The van der Waals surface area contributed by atoms with Gasteiger partial charge in [-0.2, -0.15) is 5.10 Å². The predicted octanol–water partition coefficient (Wildman–Crippen LogP) is 4.37. The maximum absolute atomic E-state index is 11.8. The molecule has 2 aromatic heterocycles. The number of carboxylic acid groups (broad SMARTS) is 2. The first-order valence-corrected chi connectivity index (χ1v) is 9.52. The van der Waals surface area contributed by atoms with Crippen molar-refractivity contribution in [1.29, 1.82) is 0 Å². The Kier molecular flexibility index (Phi) is 4.69. The third kappa shape index (κ3) is 3.30. The lowest BCUT2D eigenvalue weighted by atomic mass is 9.99. The first-order valence-electron chi connectivity index (χ1n) is 8.64. The minimum Gasteiger partial charge on any atom is -0.478 e. The number of benzene rings is 2. The second-order valence-corrected chi connectivity index (χ2v) is 7.11. The maximum Gasteiger partial charge on any atom is 0.355 e. The molecule has 0 unspecified atom stereocenters. The molecule has 2 aromatic carbocycles. The van der Waals surface area contributed by atoms with Crippen LogP contribution in [-0.4, -0.2) is 36.9 Å². The molecule has 2 N–H and O–H groups in total. The molecule has 4 aromatic rings. The van der Waals surface area contributed by atoms with Gasteiger partial charge in [-0.3, -0.25) is 0 Å². The quantitative estimate of drug-likeness (QED) is 0.511. The van der Waals surface area contributed by atoms with Crippen molar-refractivity contribution in [2.24, 2.45) is 0 Å². The highest BCUT2D eigenvalue weighted by atomic mass is 32.1. The highest BCUT2D eigenvalue weighted by Gasteiger charge is 2.24. The third-order valence-electron chi connectivity index (χ3n) is 4.47. The number of aromatic nitrogens is 3. The summed E-state index contributed by atoms with van der Waals surface area (Å²) in [5.74, 6) is -2.19. The number of nitrogens with zero attached hydrogens (tertiary/aromatic N) is 3. The van der Waals surface area contributed by atoms with Gasteiger partial charge in [0.15, 0.2) is 5.69 Å². The molecule has 0 atom stereocenters. The van der Waals surface area contributed by atoms with Crippen LogP contribution in [-0.2, 0) is 0 Å². The average Bonchev–Trinajstić information content (AvgIpc) is 3.33. The number of carbonyl (C=O) groups is 2. The minimum atomic E-state index is -1.13. The van der Waals surface area contributed by atoms with E-state index in [1.807, 2.05) is 37.3 Å².